The highest BCUT2D eigenvalue weighted by Gasteiger charge is 2.10. The van der Waals surface area contributed by atoms with Gasteiger partial charge in [-0.15, -0.1) is 0 Å². The van der Waals surface area contributed by atoms with Gasteiger partial charge in [-0.2, -0.15) is 5.26 Å². The van der Waals surface area contributed by atoms with Crippen molar-refractivity contribution in [3.8, 4) is 6.07 Å². The average Bonchev–Trinajstić information content (AvgIpc) is 1.82. The SMILES string of the molecule is N#CCCC(Br)C(Br)Br. The van der Waals surface area contributed by atoms with Crippen molar-refractivity contribution < 1.29 is 0 Å². The number of nitrogens with zero attached hydrogens (tertiary/aromatic N) is 1. The summed E-state index contributed by atoms with van der Waals surface area (Å²) < 4.78 is 0.262. The highest BCUT2D eigenvalue weighted by Crippen LogP contribution is 2.23. The molecule has 1 atom stereocenters. The largest absolute Gasteiger partial charge is 0.198 e. The van der Waals surface area contributed by atoms with Crippen LogP contribution in [-0.2, 0) is 0 Å². The summed E-state index contributed by atoms with van der Waals surface area (Å²) in [5, 5.41) is 8.20. The van der Waals surface area contributed by atoms with Crippen molar-refractivity contribution in [2.45, 2.75) is 21.4 Å². The molecular weight excluding hydrogens is 314 g/mol. The molecular formula is C5H6Br3N. The van der Waals surface area contributed by atoms with Crippen LogP contribution in [0.3, 0.4) is 0 Å². The van der Waals surface area contributed by atoms with Gasteiger partial charge in [0.2, 0.25) is 0 Å². The van der Waals surface area contributed by atoms with Gasteiger partial charge in [-0.25, -0.2) is 0 Å². The molecule has 0 amide bonds. The van der Waals surface area contributed by atoms with E-state index in [1.165, 1.54) is 0 Å². The Morgan fingerprint density at radius 1 is 1.33 bits per heavy atom. The van der Waals surface area contributed by atoms with E-state index in [1.807, 2.05) is 0 Å². The van der Waals surface area contributed by atoms with Crippen LogP contribution in [0, 0.1) is 11.3 Å². The van der Waals surface area contributed by atoms with E-state index in [9.17, 15) is 0 Å². The van der Waals surface area contributed by atoms with E-state index in [1.54, 1.807) is 0 Å². The van der Waals surface area contributed by atoms with E-state index in [4.69, 9.17) is 5.26 Å². The Kier molecular flexibility index (Phi) is 6.28. The van der Waals surface area contributed by atoms with Gasteiger partial charge in [0.15, 0.2) is 0 Å². The van der Waals surface area contributed by atoms with Gasteiger partial charge in [-0.1, -0.05) is 47.8 Å². The highest BCUT2D eigenvalue weighted by atomic mass is 79.9. The predicted octanol–water partition coefficient (Wildman–Crippen LogP) is 3.17. The maximum absolute atomic E-state index is 8.20. The first-order chi connectivity index (χ1) is 4.18. The molecule has 0 bridgehead atoms. The Bertz CT molecular complexity index is 107. The molecule has 52 valence electrons. The van der Waals surface area contributed by atoms with Crippen LogP contribution >= 0.6 is 47.8 Å². The molecule has 0 radical (unpaired) electrons. The van der Waals surface area contributed by atoms with E-state index in [-0.39, 0.29) is 3.74 Å². The van der Waals surface area contributed by atoms with Gasteiger partial charge in [0.1, 0.15) is 0 Å². The predicted molar refractivity (Wildman–Crippen MR) is 49.2 cm³/mol. The zero-order chi connectivity index (χ0) is 7.28. The highest BCUT2D eigenvalue weighted by molar-refractivity contribution is 9.25. The second-order valence-electron chi connectivity index (χ2n) is 1.55. The first-order valence-corrected chi connectivity index (χ1v) is 5.22. The van der Waals surface area contributed by atoms with Gasteiger partial charge >= 0.3 is 0 Å². The fraction of sp³-hybridized carbons (Fsp3) is 0.800. The van der Waals surface area contributed by atoms with Crippen LogP contribution in [0.5, 0.6) is 0 Å². The molecule has 0 spiro atoms. The van der Waals surface area contributed by atoms with Crippen LogP contribution in [0.15, 0.2) is 0 Å². The molecule has 9 heavy (non-hydrogen) atoms. The summed E-state index contributed by atoms with van der Waals surface area (Å²) in [6.07, 6.45) is 1.47. The quantitative estimate of drug-likeness (QED) is 0.733. The third-order valence-electron chi connectivity index (χ3n) is 0.805. The van der Waals surface area contributed by atoms with E-state index in [2.05, 4.69) is 53.9 Å². The fourth-order valence-corrected chi connectivity index (χ4v) is 1.09. The number of hydrogen-bond donors (Lipinski definition) is 0. The summed E-state index contributed by atoms with van der Waals surface area (Å²) in [6.45, 7) is 0. The van der Waals surface area contributed by atoms with Gasteiger partial charge in [-0.3, -0.25) is 0 Å². The average molecular weight is 320 g/mol. The van der Waals surface area contributed by atoms with Crippen molar-refractivity contribution in [1.29, 1.82) is 5.26 Å². The van der Waals surface area contributed by atoms with E-state index in [0.717, 1.165) is 6.42 Å². The smallest absolute Gasteiger partial charge is 0.0822 e. The van der Waals surface area contributed by atoms with Crippen LogP contribution in [0.4, 0.5) is 0 Å². The normalized spacial score (nSPS) is 13.2. The molecule has 0 fully saturated rings. The monoisotopic (exact) mass is 317 g/mol. The minimum atomic E-state index is 0.262. The second-order valence-corrected chi connectivity index (χ2v) is 5.93. The molecule has 0 N–H and O–H groups in total. The van der Waals surface area contributed by atoms with Crippen LogP contribution in [-0.4, -0.2) is 8.56 Å². The van der Waals surface area contributed by atoms with Gasteiger partial charge in [0.05, 0.1) is 9.81 Å². The molecule has 0 rings (SSSR count). The van der Waals surface area contributed by atoms with Crippen molar-refractivity contribution in [2.75, 3.05) is 0 Å². The first-order valence-electron chi connectivity index (χ1n) is 2.47. The Labute approximate surface area is 80.2 Å². The topological polar surface area (TPSA) is 23.8 Å². The molecule has 0 aromatic carbocycles. The summed E-state index contributed by atoms with van der Waals surface area (Å²) in [7, 11) is 0. The minimum Gasteiger partial charge on any atom is -0.198 e. The molecule has 1 nitrogen and oxygen atoms in total. The molecule has 4 heteroatoms. The summed E-state index contributed by atoms with van der Waals surface area (Å²) >= 11 is 10.1. The van der Waals surface area contributed by atoms with E-state index < -0.39 is 0 Å². The summed E-state index contributed by atoms with van der Waals surface area (Å²) in [5.74, 6) is 0. The van der Waals surface area contributed by atoms with Crippen LogP contribution in [0.25, 0.3) is 0 Å². The molecule has 0 saturated carbocycles. The minimum absolute atomic E-state index is 0.262. The number of halogens is 3. The van der Waals surface area contributed by atoms with Crippen LogP contribution in [0.2, 0.25) is 0 Å². The number of nitriles is 1. The first kappa shape index (κ1) is 9.93. The van der Waals surface area contributed by atoms with Crippen molar-refractivity contribution in [3.63, 3.8) is 0 Å². The Morgan fingerprint density at radius 3 is 2.22 bits per heavy atom. The molecule has 0 aliphatic carbocycles. The van der Waals surface area contributed by atoms with Gasteiger partial charge in [-0.05, 0) is 6.42 Å². The summed E-state index contributed by atoms with van der Waals surface area (Å²) in [4.78, 5) is 0.345. The zero-order valence-corrected chi connectivity index (χ0v) is 9.41. The molecule has 0 aliphatic heterocycles. The zero-order valence-electron chi connectivity index (χ0n) is 4.65. The molecule has 0 aliphatic rings. The van der Waals surface area contributed by atoms with Gasteiger partial charge in [0.25, 0.3) is 0 Å². The lowest BCUT2D eigenvalue weighted by molar-refractivity contribution is 0.850. The summed E-state index contributed by atoms with van der Waals surface area (Å²) in [5.41, 5.74) is 0. The number of rotatable bonds is 3. The lowest BCUT2D eigenvalue weighted by atomic mass is 10.3. The van der Waals surface area contributed by atoms with Crippen molar-refractivity contribution in [3.05, 3.63) is 0 Å². The van der Waals surface area contributed by atoms with Crippen molar-refractivity contribution in [2.24, 2.45) is 0 Å². The fourth-order valence-electron chi connectivity index (χ4n) is 0.328. The molecule has 1 unspecified atom stereocenters. The Balaban J connectivity index is 3.29. The van der Waals surface area contributed by atoms with Gasteiger partial charge < -0.3 is 0 Å². The molecule has 0 aromatic rings. The van der Waals surface area contributed by atoms with Crippen molar-refractivity contribution >= 4 is 47.8 Å². The van der Waals surface area contributed by atoms with E-state index in [0.29, 0.717) is 11.2 Å². The third kappa shape index (κ3) is 5.38. The Morgan fingerprint density at radius 2 is 1.89 bits per heavy atom. The lowest BCUT2D eigenvalue weighted by Gasteiger charge is -2.06. The molecule has 0 aromatic heterocycles. The maximum Gasteiger partial charge on any atom is 0.0822 e. The molecule has 0 heterocycles. The Hall–Kier alpha value is 0.930. The number of hydrogen-bond acceptors (Lipinski definition) is 1. The molecule has 0 saturated heterocycles. The number of alkyl halides is 3. The van der Waals surface area contributed by atoms with Crippen LogP contribution < -0.4 is 0 Å². The third-order valence-corrected chi connectivity index (χ3v) is 4.49. The maximum atomic E-state index is 8.20. The lowest BCUT2D eigenvalue weighted by Crippen LogP contribution is -2.05. The van der Waals surface area contributed by atoms with E-state index >= 15 is 0 Å². The second kappa shape index (κ2) is 5.70. The summed E-state index contributed by atoms with van der Waals surface area (Å²) in [6, 6.07) is 2.08. The van der Waals surface area contributed by atoms with Crippen molar-refractivity contribution in [1.82, 2.24) is 0 Å². The standard InChI is InChI=1S/C5H6Br3N/c6-4(5(7)8)2-1-3-9/h4-5H,1-2H2. The van der Waals surface area contributed by atoms with Gasteiger partial charge in [0, 0.05) is 11.2 Å². The van der Waals surface area contributed by atoms with Crippen LogP contribution in [0.1, 0.15) is 12.8 Å².